The number of carbonyl (C=O) groups is 3. The van der Waals surface area contributed by atoms with Gasteiger partial charge < -0.3 is 4.90 Å². The normalized spacial score (nSPS) is 24.0. The van der Waals surface area contributed by atoms with Crippen molar-refractivity contribution in [2.75, 3.05) is 14.1 Å². The molecule has 1 aliphatic carbocycles. The summed E-state index contributed by atoms with van der Waals surface area (Å²) in [6.07, 6.45) is 0. The van der Waals surface area contributed by atoms with Gasteiger partial charge in [-0.1, -0.05) is 36.4 Å². The van der Waals surface area contributed by atoms with Gasteiger partial charge in [-0.15, -0.1) is 0 Å². The predicted octanol–water partition coefficient (Wildman–Crippen LogP) is 1.76. The van der Waals surface area contributed by atoms with E-state index in [2.05, 4.69) is 0 Å². The predicted molar refractivity (Wildman–Crippen MR) is 75.9 cm³/mol. The fourth-order valence-corrected chi connectivity index (χ4v) is 3.54. The Balaban J connectivity index is 2.16. The van der Waals surface area contributed by atoms with E-state index in [-0.39, 0.29) is 5.78 Å². The van der Waals surface area contributed by atoms with Crippen molar-refractivity contribution in [3.63, 3.8) is 0 Å². The number of amides is 3. The lowest BCUT2D eigenvalue weighted by Crippen LogP contribution is -2.49. The molecule has 5 nitrogen and oxygen atoms in total. The van der Waals surface area contributed by atoms with Gasteiger partial charge >= 0.3 is 6.03 Å². The third kappa shape index (κ3) is 1.08. The van der Waals surface area contributed by atoms with E-state index in [9.17, 15) is 14.4 Å². The number of likely N-dealkylation sites (N-methyl/N-ethyl adjacent to an activating group) is 2. The molecule has 2 aromatic carbocycles. The van der Waals surface area contributed by atoms with Gasteiger partial charge in [-0.2, -0.15) is 0 Å². The maximum atomic E-state index is 13.0. The van der Waals surface area contributed by atoms with Crippen LogP contribution in [0.2, 0.25) is 0 Å². The lowest BCUT2D eigenvalue weighted by atomic mass is 9.88. The molecule has 1 spiro atoms. The summed E-state index contributed by atoms with van der Waals surface area (Å²) in [6, 6.07) is 10.4. The third-order valence-electron chi connectivity index (χ3n) is 4.56. The molecule has 0 unspecified atom stereocenters. The zero-order valence-electron chi connectivity index (χ0n) is 11.6. The van der Waals surface area contributed by atoms with E-state index in [0.717, 1.165) is 15.7 Å². The highest BCUT2D eigenvalue weighted by molar-refractivity contribution is 6.33. The van der Waals surface area contributed by atoms with Crippen LogP contribution in [0.5, 0.6) is 0 Å². The van der Waals surface area contributed by atoms with Gasteiger partial charge in [0, 0.05) is 25.2 Å². The average Bonchev–Trinajstić information content (AvgIpc) is 2.85. The second-order valence-electron chi connectivity index (χ2n) is 5.45. The molecule has 4 rings (SSSR count). The van der Waals surface area contributed by atoms with Crippen LogP contribution >= 0.6 is 0 Å². The molecule has 2 aromatic rings. The van der Waals surface area contributed by atoms with Crippen LogP contribution in [0.1, 0.15) is 15.9 Å². The van der Waals surface area contributed by atoms with Crippen LogP contribution in [0.4, 0.5) is 4.79 Å². The number of hydrogen-bond donors (Lipinski definition) is 0. The smallest absolute Gasteiger partial charge is 0.302 e. The maximum Gasteiger partial charge on any atom is 0.327 e. The van der Waals surface area contributed by atoms with Gasteiger partial charge in [-0.25, -0.2) is 4.79 Å². The zero-order valence-corrected chi connectivity index (χ0v) is 11.6. The number of rotatable bonds is 0. The highest BCUT2D eigenvalue weighted by atomic mass is 16.2. The number of imide groups is 1. The first-order chi connectivity index (χ1) is 10.0. The fraction of sp³-hybridized carbons (Fsp3) is 0.188. The van der Waals surface area contributed by atoms with Crippen LogP contribution in [-0.4, -0.2) is 41.6 Å². The van der Waals surface area contributed by atoms with Crippen LogP contribution < -0.4 is 0 Å². The van der Waals surface area contributed by atoms with Crippen LogP contribution in [0, 0.1) is 0 Å². The zero-order chi connectivity index (χ0) is 14.9. The highest BCUT2D eigenvalue weighted by Crippen LogP contribution is 2.47. The summed E-state index contributed by atoms with van der Waals surface area (Å²) in [5, 5.41) is 1.67. The molecule has 3 amide bonds. The summed E-state index contributed by atoms with van der Waals surface area (Å²) in [5.74, 6) is -0.803. The lowest BCUT2D eigenvalue weighted by molar-refractivity contribution is -0.130. The highest BCUT2D eigenvalue weighted by Gasteiger charge is 2.64. The Hall–Kier alpha value is -2.69. The second kappa shape index (κ2) is 3.49. The Morgan fingerprint density at radius 2 is 1.62 bits per heavy atom. The SMILES string of the molecule is CN1C(=O)N(C)[C@]2(C(=O)c3cccc4cccc2c34)C1=O. The Bertz CT molecular complexity index is 852. The van der Waals surface area contributed by atoms with E-state index in [0.29, 0.717) is 11.1 Å². The molecule has 0 radical (unpaired) electrons. The van der Waals surface area contributed by atoms with Crippen LogP contribution in [0.25, 0.3) is 10.8 Å². The summed E-state index contributed by atoms with van der Waals surface area (Å²) >= 11 is 0. The molecule has 0 bridgehead atoms. The summed E-state index contributed by atoms with van der Waals surface area (Å²) in [6.45, 7) is 0. The molecule has 21 heavy (non-hydrogen) atoms. The Morgan fingerprint density at radius 3 is 2.24 bits per heavy atom. The van der Waals surface area contributed by atoms with Gasteiger partial charge in [0.1, 0.15) is 0 Å². The van der Waals surface area contributed by atoms with Gasteiger partial charge in [0.05, 0.1) is 0 Å². The molecule has 1 heterocycles. The van der Waals surface area contributed by atoms with Crippen molar-refractivity contribution < 1.29 is 14.4 Å². The number of nitrogens with zero attached hydrogens (tertiary/aromatic N) is 2. The fourth-order valence-electron chi connectivity index (χ4n) is 3.54. The van der Waals surface area contributed by atoms with Crippen molar-refractivity contribution in [3.8, 4) is 0 Å². The molecule has 1 fully saturated rings. The number of fused-ring (bicyclic) bond motifs is 1. The molecule has 2 aliphatic rings. The Kier molecular flexibility index (Phi) is 2.01. The molecule has 0 N–H and O–H groups in total. The molecule has 1 saturated heterocycles. The minimum atomic E-state index is -1.53. The van der Waals surface area contributed by atoms with E-state index < -0.39 is 17.5 Å². The number of benzene rings is 2. The van der Waals surface area contributed by atoms with E-state index in [1.165, 1.54) is 19.0 Å². The van der Waals surface area contributed by atoms with Crippen molar-refractivity contribution in [2.45, 2.75) is 5.54 Å². The van der Waals surface area contributed by atoms with E-state index in [1.807, 2.05) is 18.2 Å². The first-order valence-corrected chi connectivity index (χ1v) is 6.64. The first kappa shape index (κ1) is 12.1. The summed E-state index contributed by atoms with van der Waals surface area (Å²) < 4.78 is 0. The largest absolute Gasteiger partial charge is 0.327 e. The number of hydrogen-bond acceptors (Lipinski definition) is 3. The van der Waals surface area contributed by atoms with Crippen LogP contribution in [0.3, 0.4) is 0 Å². The summed E-state index contributed by atoms with van der Waals surface area (Å²) in [7, 11) is 2.92. The van der Waals surface area contributed by atoms with Crippen molar-refractivity contribution in [1.29, 1.82) is 0 Å². The van der Waals surface area contributed by atoms with Crippen molar-refractivity contribution in [1.82, 2.24) is 9.80 Å². The summed E-state index contributed by atoms with van der Waals surface area (Å²) in [5.41, 5.74) is -0.424. The van der Waals surface area contributed by atoms with Crippen LogP contribution in [-0.2, 0) is 10.3 Å². The average molecular weight is 280 g/mol. The van der Waals surface area contributed by atoms with E-state index in [1.54, 1.807) is 18.2 Å². The van der Waals surface area contributed by atoms with Gasteiger partial charge in [-0.05, 0) is 10.8 Å². The Labute approximate surface area is 120 Å². The number of ketones is 1. The van der Waals surface area contributed by atoms with Gasteiger partial charge in [0.2, 0.25) is 11.3 Å². The van der Waals surface area contributed by atoms with E-state index in [4.69, 9.17) is 0 Å². The molecule has 0 saturated carbocycles. The van der Waals surface area contributed by atoms with Crippen molar-refractivity contribution in [3.05, 3.63) is 47.5 Å². The van der Waals surface area contributed by atoms with Gasteiger partial charge in [-0.3, -0.25) is 14.5 Å². The van der Waals surface area contributed by atoms with Gasteiger partial charge in [0.15, 0.2) is 0 Å². The topological polar surface area (TPSA) is 57.7 Å². The Morgan fingerprint density at radius 1 is 0.952 bits per heavy atom. The number of urea groups is 1. The molecule has 0 aromatic heterocycles. The number of Topliss-reactive ketones (excluding diaryl/α,β-unsaturated/α-hetero) is 1. The number of carbonyl (C=O) groups excluding carboxylic acids is 3. The second-order valence-corrected chi connectivity index (χ2v) is 5.45. The monoisotopic (exact) mass is 280 g/mol. The standard InChI is InChI=1S/C16H12N2O3/c1-17-14(20)16(18(2)15(17)21)11-8-4-6-9-5-3-7-10(12(9)11)13(16)19/h3-8H,1-2H3/t16-/m1/s1. The van der Waals surface area contributed by atoms with Crippen LogP contribution in [0.15, 0.2) is 36.4 Å². The molecular weight excluding hydrogens is 268 g/mol. The maximum absolute atomic E-state index is 13.0. The first-order valence-electron chi connectivity index (χ1n) is 6.64. The minimum Gasteiger partial charge on any atom is -0.302 e. The van der Waals surface area contributed by atoms with Crippen molar-refractivity contribution >= 4 is 28.5 Å². The molecular formula is C16H12N2O3. The van der Waals surface area contributed by atoms with Crippen molar-refractivity contribution in [2.24, 2.45) is 0 Å². The third-order valence-corrected chi connectivity index (χ3v) is 4.56. The lowest BCUT2D eigenvalue weighted by Gasteiger charge is -2.27. The quantitative estimate of drug-likeness (QED) is 0.545. The minimum absolute atomic E-state index is 0.320. The molecule has 5 heteroatoms. The van der Waals surface area contributed by atoms with Gasteiger partial charge in [0.25, 0.3) is 5.91 Å². The molecule has 1 atom stereocenters. The summed E-state index contributed by atoms with van der Waals surface area (Å²) in [4.78, 5) is 40.1. The van der Waals surface area contributed by atoms with E-state index >= 15 is 0 Å². The molecule has 104 valence electrons. The molecule has 1 aliphatic heterocycles.